The first-order chi connectivity index (χ1) is 20.5. The van der Waals surface area contributed by atoms with Crippen LogP contribution < -0.4 is 33.2 Å². The lowest BCUT2D eigenvalue weighted by Gasteiger charge is -2.25. The number of amides is 4. The number of carbonyl (C=O) groups excluding carboxylic acids is 5. The molecule has 0 saturated carbocycles. The fraction of sp³-hybridized carbons (Fsp3) is 0.429. The highest BCUT2D eigenvalue weighted by Crippen LogP contribution is 2.19. The first-order valence-electron chi connectivity index (χ1n) is 13.7. The standard InChI is InChI=1S/C28H40N8O7/c1-3-8-19(35-27(42)22(37)14-23(38)43-4-2)25(40)34-20(11-7-12-32-28(30)31)26(41)36-21(24(29)39)13-16-15-33-18-10-6-5-9-17(16)18/h3,5-6,9-10,15,19-22,33,37H,1,4,7-8,11-14H2,2H3,(H2,29,39)(H,34,40)(H,35,42)(H,36,41)(H4,30,31,32)/t19-,20-,21-,22+/m0/s1. The molecule has 4 atom stereocenters. The van der Waals surface area contributed by atoms with E-state index >= 15 is 0 Å². The number of nitrogens with one attached hydrogen (secondary N) is 4. The molecule has 0 aliphatic carbocycles. The van der Waals surface area contributed by atoms with Crippen molar-refractivity contribution in [1.82, 2.24) is 20.9 Å². The van der Waals surface area contributed by atoms with E-state index in [9.17, 15) is 29.1 Å². The van der Waals surface area contributed by atoms with E-state index in [2.05, 4.69) is 32.5 Å². The Balaban J connectivity index is 2.18. The third kappa shape index (κ3) is 11.1. The Bertz CT molecular complexity index is 1320. The molecule has 0 unspecified atom stereocenters. The second-order valence-electron chi connectivity index (χ2n) is 9.65. The number of ether oxygens (including phenoxy) is 1. The molecule has 0 fully saturated rings. The smallest absolute Gasteiger partial charge is 0.308 e. The molecule has 15 nitrogen and oxygen atoms in total. The Labute approximate surface area is 248 Å². The van der Waals surface area contributed by atoms with E-state index in [1.54, 1.807) is 13.1 Å². The van der Waals surface area contributed by atoms with Gasteiger partial charge < -0.3 is 48.0 Å². The van der Waals surface area contributed by atoms with Gasteiger partial charge in [-0.2, -0.15) is 0 Å². The number of H-pyrrole nitrogens is 1. The van der Waals surface area contributed by atoms with Crippen LogP contribution in [0.1, 0.15) is 38.2 Å². The number of hydrogen-bond donors (Lipinski definition) is 8. The highest BCUT2D eigenvalue weighted by Gasteiger charge is 2.30. The average Bonchev–Trinajstić information content (AvgIpc) is 3.36. The zero-order valence-electron chi connectivity index (χ0n) is 24.0. The number of primary amides is 1. The number of aliphatic hydroxyl groups excluding tert-OH is 1. The van der Waals surface area contributed by atoms with Crippen molar-refractivity contribution in [2.24, 2.45) is 22.2 Å². The number of nitrogens with zero attached hydrogens (tertiary/aromatic N) is 1. The van der Waals surface area contributed by atoms with Crippen LogP contribution in [-0.4, -0.2) is 83.0 Å². The molecular formula is C28H40N8O7. The van der Waals surface area contributed by atoms with Gasteiger partial charge in [0.25, 0.3) is 0 Å². The van der Waals surface area contributed by atoms with E-state index in [0.717, 1.165) is 16.5 Å². The summed E-state index contributed by atoms with van der Waals surface area (Å²) in [5.41, 5.74) is 18.0. The number of benzene rings is 1. The van der Waals surface area contributed by atoms with Gasteiger partial charge in [-0.3, -0.25) is 29.0 Å². The molecule has 2 rings (SSSR count). The van der Waals surface area contributed by atoms with Crippen molar-refractivity contribution in [2.75, 3.05) is 13.2 Å². The van der Waals surface area contributed by atoms with Crippen molar-refractivity contribution in [3.8, 4) is 0 Å². The highest BCUT2D eigenvalue weighted by molar-refractivity contribution is 5.95. The zero-order chi connectivity index (χ0) is 31.9. The van der Waals surface area contributed by atoms with Gasteiger partial charge in [0.15, 0.2) is 5.96 Å². The summed E-state index contributed by atoms with van der Waals surface area (Å²) in [4.78, 5) is 70.0. The monoisotopic (exact) mass is 600 g/mol. The predicted molar refractivity (Wildman–Crippen MR) is 159 cm³/mol. The van der Waals surface area contributed by atoms with Crippen LogP contribution in [0.3, 0.4) is 0 Å². The average molecular weight is 601 g/mol. The predicted octanol–water partition coefficient (Wildman–Crippen LogP) is -1.41. The summed E-state index contributed by atoms with van der Waals surface area (Å²) < 4.78 is 4.73. The third-order valence-electron chi connectivity index (χ3n) is 6.34. The lowest BCUT2D eigenvalue weighted by Crippen LogP contribution is -2.57. The molecule has 1 aromatic heterocycles. The normalized spacial score (nSPS) is 13.5. The van der Waals surface area contributed by atoms with Crippen LogP contribution in [0.4, 0.5) is 0 Å². The third-order valence-corrected chi connectivity index (χ3v) is 6.34. The van der Waals surface area contributed by atoms with Crippen molar-refractivity contribution in [3.63, 3.8) is 0 Å². The molecule has 1 heterocycles. The summed E-state index contributed by atoms with van der Waals surface area (Å²) in [6, 6.07) is 3.90. The van der Waals surface area contributed by atoms with Gasteiger partial charge in [0, 0.05) is 30.1 Å². The summed E-state index contributed by atoms with van der Waals surface area (Å²) in [7, 11) is 0. The second-order valence-corrected chi connectivity index (χ2v) is 9.65. The molecule has 0 bridgehead atoms. The van der Waals surface area contributed by atoms with E-state index in [1.165, 1.54) is 6.08 Å². The number of aliphatic imine (C=N–C) groups is 1. The molecule has 0 radical (unpaired) electrons. The Morgan fingerprint density at radius 3 is 2.33 bits per heavy atom. The van der Waals surface area contributed by atoms with E-state index in [0.29, 0.717) is 0 Å². The van der Waals surface area contributed by atoms with Crippen LogP contribution in [0.15, 0.2) is 48.1 Å². The van der Waals surface area contributed by atoms with Gasteiger partial charge in [0.1, 0.15) is 24.2 Å². The molecule has 43 heavy (non-hydrogen) atoms. The summed E-state index contributed by atoms with van der Waals surface area (Å²) >= 11 is 0. The summed E-state index contributed by atoms with van der Waals surface area (Å²) in [5.74, 6) is -4.18. The Hall–Kier alpha value is -4.92. The largest absolute Gasteiger partial charge is 0.466 e. The van der Waals surface area contributed by atoms with Gasteiger partial charge >= 0.3 is 5.97 Å². The van der Waals surface area contributed by atoms with Crippen molar-refractivity contribution in [1.29, 1.82) is 0 Å². The molecule has 0 aliphatic rings. The van der Waals surface area contributed by atoms with Gasteiger partial charge in [0.2, 0.25) is 23.6 Å². The van der Waals surface area contributed by atoms with Gasteiger partial charge in [-0.25, -0.2) is 0 Å². The molecule has 234 valence electrons. The maximum atomic E-state index is 13.4. The zero-order valence-corrected chi connectivity index (χ0v) is 24.0. The molecule has 0 spiro atoms. The Kier molecular flexibility index (Phi) is 13.7. The van der Waals surface area contributed by atoms with E-state index in [1.807, 2.05) is 24.3 Å². The minimum absolute atomic E-state index is 0.0590. The number of esters is 1. The Morgan fingerprint density at radius 2 is 1.67 bits per heavy atom. The quantitative estimate of drug-likeness (QED) is 0.0328. The van der Waals surface area contributed by atoms with E-state index < -0.39 is 60.2 Å². The number of nitrogens with two attached hydrogens (primary N) is 3. The van der Waals surface area contributed by atoms with Crippen molar-refractivity contribution < 1.29 is 33.8 Å². The minimum atomic E-state index is -1.77. The van der Waals surface area contributed by atoms with Crippen LogP contribution >= 0.6 is 0 Å². The lowest BCUT2D eigenvalue weighted by molar-refractivity contribution is -0.149. The molecule has 15 heteroatoms. The van der Waals surface area contributed by atoms with Crippen LogP contribution in [-0.2, 0) is 35.1 Å². The number of carbonyl (C=O) groups is 5. The maximum absolute atomic E-state index is 13.4. The molecule has 0 saturated heterocycles. The van der Waals surface area contributed by atoms with Crippen molar-refractivity contribution in [2.45, 2.75) is 63.3 Å². The van der Waals surface area contributed by atoms with E-state index in [-0.39, 0.29) is 44.8 Å². The maximum Gasteiger partial charge on any atom is 0.308 e. The van der Waals surface area contributed by atoms with Crippen LogP contribution in [0.25, 0.3) is 10.9 Å². The van der Waals surface area contributed by atoms with Crippen molar-refractivity contribution in [3.05, 3.63) is 48.7 Å². The number of aromatic nitrogens is 1. The second kappa shape index (κ2) is 17.1. The number of aliphatic hydroxyl groups is 1. The highest BCUT2D eigenvalue weighted by atomic mass is 16.5. The van der Waals surface area contributed by atoms with Gasteiger partial charge in [-0.15, -0.1) is 6.58 Å². The Morgan fingerprint density at radius 1 is 1.02 bits per heavy atom. The first-order valence-corrected chi connectivity index (χ1v) is 13.7. The van der Waals surface area contributed by atoms with Crippen LogP contribution in [0, 0.1) is 0 Å². The van der Waals surface area contributed by atoms with Crippen molar-refractivity contribution >= 4 is 46.5 Å². The van der Waals surface area contributed by atoms with Gasteiger partial charge in [0.05, 0.1) is 13.0 Å². The summed E-state index contributed by atoms with van der Waals surface area (Å²) in [6.07, 6.45) is 1.08. The topological polar surface area (TPSA) is 257 Å². The van der Waals surface area contributed by atoms with Crippen LogP contribution in [0.2, 0.25) is 0 Å². The number of rotatable bonds is 18. The van der Waals surface area contributed by atoms with Gasteiger partial charge in [-0.05, 0) is 37.8 Å². The fourth-order valence-electron chi connectivity index (χ4n) is 4.20. The van der Waals surface area contributed by atoms with E-state index in [4.69, 9.17) is 21.9 Å². The number of aromatic amines is 1. The molecular weight excluding hydrogens is 560 g/mol. The number of para-hydroxylation sites is 1. The minimum Gasteiger partial charge on any atom is -0.466 e. The molecule has 4 amide bonds. The van der Waals surface area contributed by atoms with Gasteiger partial charge in [-0.1, -0.05) is 24.3 Å². The molecule has 11 N–H and O–H groups in total. The fourth-order valence-corrected chi connectivity index (χ4v) is 4.20. The lowest BCUT2D eigenvalue weighted by atomic mass is 10.0. The SMILES string of the molecule is C=CC[C@H](NC(=O)[C@H](O)CC(=O)OCC)C(=O)N[C@@H](CCCN=C(N)N)C(=O)N[C@@H](Cc1c[nH]c2ccccc12)C(N)=O. The molecule has 0 aliphatic heterocycles. The number of hydrogen-bond acceptors (Lipinski definition) is 8. The first kappa shape index (κ1) is 34.3. The number of fused-ring (bicyclic) bond motifs is 1. The summed E-state index contributed by atoms with van der Waals surface area (Å²) in [6.45, 7) is 5.38. The molecule has 2 aromatic rings. The molecule has 1 aromatic carbocycles. The summed E-state index contributed by atoms with van der Waals surface area (Å²) in [5, 5.41) is 18.5. The van der Waals surface area contributed by atoms with Crippen LogP contribution in [0.5, 0.6) is 0 Å². The number of guanidine groups is 1.